The summed E-state index contributed by atoms with van der Waals surface area (Å²) in [5.41, 5.74) is 0. The minimum Gasteiger partial charge on any atom is -0.480 e. The molecule has 0 fully saturated rings. The highest BCUT2D eigenvalue weighted by Gasteiger charge is 2.28. The third-order valence-electron chi connectivity index (χ3n) is 8.23. The number of aliphatic hydroxyl groups is 1. The van der Waals surface area contributed by atoms with Gasteiger partial charge in [0, 0.05) is 12.8 Å². The molecule has 0 heterocycles. The van der Waals surface area contributed by atoms with Crippen LogP contribution in [0.3, 0.4) is 0 Å². The number of rotatable bonds is 37. The number of nitrogens with one attached hydrogen (secondary N) is 1. The van der Waals surface area contributed by atoms with Gasteiger partial charge < -0.3 is 25.2 Å². The van der Waals surface area contributed by atoms with Crippen LogP contribution in [0.4, 0.5) is 0 Å². The molecule has 0 aromatic carbocycles. The van der Waals surface area contributed by atoms with E-state index in [1.165, 1.54) is 25.7 Å². The Morgan fingerprint density at radius 3 is 1.60 bits per heavy atom. The Labute approximate surface area is 331 Å². The van der Waals surface area contributed by atoms with Crippen molar-refractivity contribution in [2.75, 3.05) is 19.8 Å². The second kappa shape index (κ2) is 37.8. The number of hydrogen-bond donors (Lipinski definition) is 4. The van der Waals surface area contributed by atoms with Gasteiger partial charge in [0.2, 0.25) is 5.91 Å². The Kier molecular flexibility index (Phi) is 35.7. The van der Waals surface area contributed by atoms with Gasteiger partial charge in [-0.05, 0) is 83.5 Å². The number of ether oxygens (including phenoxy) is 1. The number of unbranched alkanes of at least 4 members (excludes halogenated alkanes) is 11. The van der Waals surface area contributed by atoms with E-state index < -0.39 is 57.6 Å². The number of carbonyl (C=O) groups is 3. The van der Waals surface area contributed by atoms with Crippen molar-refractivity contribution < 1.29 is 47.8 Å². The van der Waals surface area contributed by atoms with Crippen LogP contribution in [0, 0.1) is 0 Å². The van der Waals surface area contributed by atoms with Crippen molar-refractivity contribution >= 4 is 25.7 Å². The van der Waals surface area contributed by atoms with Gasteiger partial charge in [0.05, 0.1) is 13.2 Å². The number of esters is 1. The summed E-state index contributed by atoms with van der Waals surface area (Å²) in [6, 6.07) is -1.56. The van der Waals surface area contributed by atoms with Crippen LogP contribution >= 0.6 is 7.82 Å². The summed E-state index contributed by atoms with van der Waals surface area (Å²) in [6.45, 7) is 2.38. The normalized spacial score (nSPS) is 14.5. The smallest absolute Gasteiger partial charge is 0.472 e. The lowest BCUT2D eigenvalue weighted by Crippen LogP contribution is -2.43. The molecular weight excluding hydrogens is 721 g/mol. The second-order valence-corrected chi connectivity index (χ2v) is 14.9. The lowest BCUT2D eigenvalue weighted by atomic mass is 10.1. The summed E-state index contributed by atoms with van der Waals surface area (Å²) in [5, 5.41) is 21.8. The average molecular weight is 794 g/mol. The van der Waals surface area contributed by atoms with E-state index in [0.29, 0.717) is 12.8 Å². The first-order valence-corrected chi connectivity index (χ1v) is 22.0. The van der Waals surface area contributed by atoms with Gasteiger partial charge in [-0.3, -0.25) is 18.6 Å². The number of allylic oxidation sites excluding steroid dienone is 12. The van der Waals surface area contributed by atoms with Crippen LogP contribution in [0.5, 0.6) is 0 Å². The lowest BCUT2D eigenvalue weighted by Gasteiger charge is -2.18. The first kappa shape index (κ1) is 51.9. The molecule has 4 N–H and O–H groups in total. The number of amides is 1. The predicted molar refractivity (Wildman–Crippen MR) is 221 cm³/mol. The zero-order chi connectivity index (χ0) is 40.7. The van der Waals surface area contributed by atoms with Gasteiger partial charge >= 0.3 is 19.8 Å². The summed E-state index contributed by atoms with van der Waals surface area (Å²) in [4.78, 5) is 45.8. The molecule has 0 saturated carbocycles. The molecule has 0 aliphatic rings. The fraction of sp³-hybridized carbons (Fsp3) is 0.651. The summed E-state index contributed by atoms with van der Waals surface area (Å²) in [6.07, 6.45) is 43.6. The third kappa shape index (κ3) is 37.6. The quantitative estimate of drug-likeness (QED) is 0.0206. The lowest BCUT2D eigenvalue weighted by molar-refractivity contribution is -0.147. The van der Waals surface area contributed by atoms with Crippen molar-refractivity contribution in [2.24, 2.45) is 0 Å². The number of carbonyl (C=O) groups excluding carboxylic acids is 2. The summed E-state index contributed by atoms with van der Waals surface area (Å²) in [5.74, 6) is -2.45. The maximum absolute atomic E-state index is 12.3. The van der Waals surface area contributed by atoms with Gasteiger partial charge in [-0.2, -0.15) is 0 Å². The van der Waals surface area contributed by atoms with E-state index >= 15 is 0 Å². The van der Waals surface area contributed by atoms with Crippen molar-refractivity contribution in [2.45, 2.75) is 161 Å². The zero-order valence-electron chi connectivity index (χ0n) is 33.7. The average Bonchev–Trinajstić information content (AvgIpc) is 3.16. The van der Waals surface area contributed by atoms with E-state index in [1.807, 2.05) is 0 Å². The van der Waals surface area contributed by atoms with E-state index in [-0.39, 0.29) is 12.8 Å². The van der Waals surface area contributed by atoms with Gasteiger partial charge in [0.25, 0.3) is 0 Å². The molecule has 0 aliphatic heterocycles. The van der Waals surface area contributed by atoms with Crippen LogP contribution in [0.15, 0.2) is 72.9 Å². The molecule has 1 amide bonds. The van der Waals surface area contributed by atoms with Gasteiger partial charge in [-0.1, -0.05) is 125 Å². The van der Waals surface area contributed by atoms with Crippen LogP contribution in [-0.2, 0) is 32.7 Å². The van der Waals surface area contributed by atoms with Gasteiger partial charge in [-0.15, -0.1) is 0 Å². The summed E-state index contributed by atoms with van der Waals surface area (Å²) < 4.78 is 26.7. The van der Waals surface area contributed by atoms with E-state index in [1.54, 1.807) is 0 Å². The van der Waals surface area contributed by atoms with E-state index in [0.717, 1.165) is 83.5 Å². The Hall–Kier alpha value is -3.08. The minimum atomic E-state index is -4.77. The molecule has 12 heteroatoms. The molecule has 0 radical (unpaired) electrons. The van der Waals surface area contributed by atoms with Crippen molar-refractivity contribution in [3.63, 3.8) is 0 Å². The molecule has 11 nitrogen and oxygen atoms in total. The third-order valence-corrected chi connectivity index (χ3v) is 9.18. The molecule has 0 aromatic rings. The molecule has 0 saturated heterocycles. The SMILES string of the molecule is CC/C=C\C/C=C\C/C=C\C/C=C\CCCCC(=O)OCC(O)COP(=O)(O)OCC(NC(=O)CCCCCCC/C=C\C/C=C\CCCCCC)C(=O)O. The van der Waals surface area contributed by atoms with Gasteiger partial charge in [-0.25, -0.2) is 9.36 Å². The van der Waals surface area contributed by atoms with Crippen LogP contribution in [0.25, 0.3) is 0 Å². The minimum absolute atomic E-state index is 0.123. The Bertz CT molecular complexity index is 1210. The van der Waals surface area contributed by atoms with Crippen molar-refractivity contribution in [3.8, 4) is 0 Å². The monoisotopic (exact) mass is 793 g/mol. The number of phosphoric acid groups is 1. The van der Waals surface area contributed by atoms with Crippen molar-refractivity contribution in [1.29, 1.82) is 0 Å². The van der Waals surface area contributed by atoms with Crippen LogP contribution < -0.4 is 5.32 Å². The molecule has 314 valence electrons. The number of carboxylic acid groups (broad SMARTS) is 1. The highest BCUT2D eigenvalue weighted by atomic mass is 31.2. The maximum atomic E-state index is 12.3. The molecule has 0 spiro atoms. The number of hydrogen-bond acceptors (Lipinski definition) is 8. The molecule has 3 atom stereocenters. The Morgan fingerprint density at radius 2 is 1.05 bits per heavy atom. The predicted octanol–water partition coefficient (Wildman–Crippen LogP) is 10.2. The van der Waals surface area contributed by atoms with Crippen molar-refractivity contribution in [1.82, 2.24) is 5.32 Å². The zero-order valence-corrected chi connectivity index (χ0v) is 34.6. The topological polar surface area (TPSA) is 169 Å². The van der Waals surface area contributed by atoms with Crippen LogP contribution in [0.2, 0.25) is 0 Å². The standard InChI is InChI=1S/C43H72NO10P/c1-3-5-7-9-11-13-15-17-19-21-22-24-26-28-30-32-34-41(46)44-40(43(48)49)38-54-55(50,51)53-37-39(45)36-52-42(47)35-33-31-29-27-25-23-20-18-16-14-12-10-8-6-4-2/h6,8,12-15,18-21,25,27,39-40,45H,3-5,7,9-11,16-17,22-24,26,28-38H2,1-2H3,(H,44,46)(H,48,49)(H,50,51)/b8-6-,14-12-,15-13-,20-18-,21-19-,27-25-. The summed E-state index contributed by atoms with van der Waals surface area (Å²) in [7, 11) is -4.77. The molecule has 0 rings (SSSR count). The molecule has 0 aliphatic carbocycles. The molecular formula is C43H72NO10P. The van der Waals surface area contributed by atoms with Gasteiger partial charge in [0.15, 0.2) is 6.04 Å². The summed E-state index contributed by atoms with van der Waals surface area (Å²) >= 11 is 0. The number of carboxylic acids is 1. The van der Waals surface area contributed by atoms with Crippen LogP contribution in [0.1, 0.15) is 149 Å². The fourth-order valence-electron chi connectivity index (χ4n) is 5.04. The fourth-order valence-corrected chi connectivity index (χ4v) is 5.81. The van der Waals surface area contributed by atoms with Gasteiger partial charge in [0.1, 0.15) is 12.7 Å². The number of phosphoric ester groups is 1. The molecule has 3 unspecified atom stereocenters. The Balaban J connectivity index is 4.03. The Morgan fingerprint density at radius 1 is 0.600 bits per heavy atom. The van der Waals surface area contributed by atoms with E-state index in [4.69, 9.17) is 13.8 Å². The highest BCUT2D eigenvalue weighted by molar-refractivity contribution is 7.47. The van der Waals surface area contributed by atoms with Crippen LogP contribution in [-0.4, -0.2) is 64.9 Å². The highest BCUT2D eigenvalue weighted by Crippen LogP contribution is 2.43. The first-order valence-electron chi connectivity index (χ1n) is 20.5. The largest absolute Gasteiger partial charge is 0.480 e. The van der Waals surface area contributed by atoms with Crippen molar-refractivity contribution in [3.05, 3.63) is 72.9 Å². The molecule has 0 bridgehead atoms. The van der Waals surface area contributed by atoms with E-state index in [2.05, 4.69) is 92.1 Å². The van der Waals surface area contributed by atoms with E-state index in [9.17, 15) is 34.1 Å². The first-order chi connectivity index (χ1) is 26.6. The maximum Gasteiger partial charge on any atom is 0.472 e. The second-order valence-electron chi connectivity index (χ2n) is 13.4. The molecule has 55 heavy (non-hydrogen) atoms. The number of aliphatic hydroxyl groups excluding tert-OH is 1. The number of aliphatic carboxylic acids is 1. The molecule has 0 aromatic heterocycles.